The van der Waals surface area contributed by atoms with Crippen molar-refractivity contribution in [3.63, 3.8) is 0 Å². The lowest BCUT2D eigenvalue weighted by Crippen LogP contribution is -2.42. The minimum atomic E-state index is -2.08. The Hall–Kier alpha value is -0.545. The van der Waals surface area contributed by atoms with E-state index in [1.54, 1.807) is 0 Å². The maximum Gasteiger partial charge on any atom is 0.306 e. The van der Waals surface area contributed by atoms with Crippen molar-refractivity contribution in [3.8, 4) is 0 Å². The largest absolute Gasteiger partial charge is 0.481 e. The molecule has 0 saturated carbocycles. The molecule has 0 spiro atoms. The predicted molar refractivity (Wildman–Crippen MR) is 27.1 cm³/mol. The van der Waals surface area contributed by atoms with Gasteiger partial charge in [-0.15, -0.1) is 0 Å². The molecule has 0 saturated heterocycles. The number of aliphatic hydroxyl groups is 1. The third kappa shape index (κ3) is 5.45. The number of carboxylic acid groups (broad SMARTS) is 1. The highest BCUT2D eigenvalue weighted by Crippen LogP contribution is 1.92. The molecule has 0 fully saturated rings. The van der Waals surface area contributed by atoms with Gasteiger partial charge in [0.2, 0.25) is 0 Å². The van der Waals surface area contributed by atoms with E-state index >= 15 is 0 Å². The van der Waals surface area contributed by atoms with Crippen LogP contribution in [0.5, 0.6) is 0 Å². The van der Waals surface area contributed by atoms with Gasteiger partial charge >= 0.3 is 5.97 Å². The average molecular weight is 115 g/mol. The molecule has 8 heavy (non-hydrogen) atoms. The Balaban J connectivity index is 3.55. The number of carboxylic acids is 1. The fourth-order valence-electron chi connectivity index (χ4n) is 0.242. The van der Waals surface area contributed by atoms with Crippen molar-refractivity contribution >= 4 is 13.8 Å². The fourth-order valence-corrected chi connectivity index (χ4v) is 0.242. The van der Waals surface area contributed by atoms with Crippen LogP contribution in [0.15, 0.2) is 0 Å². The van der Waals surface area contributed by atoms with Crippen molar-refractivity contribution in [3.05, 3.63) is 0 Å². The highest BCUT2D eigenvalue weighted by Gasteiger charge is 2.16. The fraction of sp³-hybridized carbons (Fsp3) is 0.667. The molecule has 0 aromatic carbocycles. The van der Waals surface area contributed by atoms with Crippen molar-refractivity contribution in [2.45, 2.75) is 12.0 Å². The standard InChI is InChI=1S/C3H6BNO3/c4-3(5,8)1-2(6)7/h8H,1,5H2,(H,6,7). The second kappa shape index (κ2) is 2.15. The highest BCUT2D eigenvalue weighted by molar-refractivity contribution is 6.15. The summed E-state index contributed by atoms with van der Waals surface area (Å²) in [6.45, 7) is 0. The minimum absolute atomic E-state index is 0.646. The molecule has 1 atom stereocenters. The number of nitrogens with two attached hydrogens (primary N) is 1. The highest BCUT2D eigenvalue weighted by atomic mass is 16.4. The van der Waals surface area contributed by atoms with Gasteiger partial charge in [-0.2, -0.15) is 0 Å². The first-order valence-corrected chi connectivity index (χ1v) is 1.94. The maximum absolute atomic E-state index is 9.69. The molecule has 5 heteroatoms. The van der Waals surface area contributed by atoms with Gasteiger partial charge in [-0.3, -0.25) is 4.79 Å². The molecule has 0 amide bonds. The van der Waals surface area contributed by atoms with Gasteiger partial charge in [-0.1, -0.05) is 0 Å². The van der Waals surface area contributed by atoms with Crippen LogP contribution in [-0.2, 0) is 4.79 Å². The van der Waals surface area contributed by atoms with E-state index in [1.807, 2.05) is 0 Å². The zero-order valence-corrected chi connectivity index (χ0v) is 4.16. The summed E-state index contributed by atoms with van der Waals surface area (Å²) in [5, 5.41) is 16.3. The summed E-state index contributed by atoms with van der Waals surface area (Å²) in [6.07, 6.45) is -0.646. The van der Waals surface area contributed by atoms with Crippen LogP contribution in [0.4, 0.5) is 0 Å². The Labute approximate surface area is 47.7 Å². The molecule has 0 heterocycles. The van der Waals surface area contributed by atoms with Gasteiger partial charge < -0.3 is 15.9 Å². The molecule has 1 unspecified atom stereocenters. The molecular formula is C3H6BNO3. The summed E-state index contributed by atoms with van der Waals surface area (Å²) in [7, 11) is 4.69. The second-order valence-electron chi connectivity index (χ2n) is 1.56. The van der Waals surface area contributed by atoms with Gasteiger partial charge in [0.25, 0.3) is 0 Å². The van der Waals surface area contributed by atoms with Crippen LogP contribution in [0.25, 0.3) is 0 Å². The molecule has 0 aliphatic rings. The number of aliphatic carboxylic acids is 1. The normalized spacial score (nSPS) is 17.2. The van der Waals surface area contributed by atoms with E-state index in [4.69, 9.17) is 10.2 Å². The van der Waals surface area contributed by atoms with E-state index in [9.17, 15) is 4.79 Å². The number of rotatable bonds is 2. The van der Waals surface area contributed by atoms with Crippen molar-refractivity contribution in [2.24, 2.45) is 5.73 Å². The van der Waals surface area contributed by atoms with E-state index in [1.165, 1.54) is 0 Å². The molecule has 4 nitrogen and oxygen atoms in total. The van der Waals surface area contributed by atoms with Crippen LogP contribution in [0.3, 0.4) is 0 Å². The third-order valence-corrected chi connectivity index (χ3v) is 0.434. The van der Waals surface area contributed by atoms with Crippen LogP contribution >= 0.6 is 0 Å². The quantitative estimate of drug-likeness (QED) is 0.294. The topological polar surface area (TPSA) is 83.5 Å². The van der Waals surface area contributed by atoms with Gasteiger partial charge in [0.1, 0.15) is 7.85 Å². The first kappa shape index (κ1) is 7.45. The number of hydrogen-bond donors (Lipinski definition) is 3. The second-order valence-corrected chi connectivity index (χ2v) is 1.56. The van der Waals surface area contributed by atoms with Gasteiger partial charge in [-0.05, 0) is 0 Å². The molecule has 0 bridgehead atoms. The van der Waals surface area contributed by atoms with Crippen molar-refractivity contribution in [1.29, 1.82) is 0 Å². The first-order valence-electron chi connectivity index (χ1n) is 1.94. The van der Waals surface area contributed by atoms with Crippen molar-refractivity contribution < 1.29 is 15.0 Å². The van der Waals surface area contributed by atoms with Gasteiger partial charge in [0.15, 0.2) is 0 Å². The van der Waals surface area contributed by atoms with Crippen LogP contribution < -0.4 is 5.73 Å². The smallest absolute Gasteiger partial charge is 0.306 e. The van der Waals surface area contributed by atoms with E-state index in [2.05, 4.69) is 13.6 Å². The van der Waals surface area contributed by atoms with Crippen molar-refractivity contribution in [2.75, 3.05) is 0 Å². The third-order valence-electron chi connectivity index (χ3n) is 0.434. The first-order chi connectivity index (χ1) is 3.42. The molecule has 4 N–H and O–H groups in total. The average Bonchev–Trinajstić information content (AvgIpc) is 1.21. The monoisotopic (exact) mass is 115 g/mol. The Morgan fingerprint density at radius 3 is 2.25 bits per heavy atom. The molecule has 44 valence electrons. The molecule has 0 aromatic heterocycles. The van der Waals surface area contributed by atoms with Gasteiger partial charge in [0, 0.05) is 0 Å². The van der Waals surface area contributed by atoms with E-state index in [0.29, 0.717) is 0 Å². The molecule has 2 radical (unpaired) electrons. The zero-order valence-electron chi connectivity index (χ0n) is 4.16. The lowest BCUT2D eigenvalue weighted by Gasteiger charge is -2.13. The van der Waals surface area contributed by atoms with E-state index in [0.717, 1.165) is 0 Å². The summed E-state index contributed by atoms with van der Waals surface area (Å²) in [6, 6.07) is 0. The van der Waals surface area contributed by atoms with Crippen LogP contribution in [-0.4, -0.2) is 29.7 Å². The zero-order chi connectivity index (χ0) is 6.78. The minimum Gasteiger partial charge on any atom is -0.481 e. The van der Waals surface area contributed by atoms with Crippen molar-refractivity contribution in [1.82, 2.24) is 0 Å². The predicted octanol–water partition coefficient (Wildman–Crippen LogP) is -1.77. The summed E-state index contributed by atoms with van der Waals surface area (Å²) in [5.74, 6) is -1.22. The Morgan fingerprint density at radius 1 is 1.88 bits per heavy atom. The molecule has 0 aliphatic carbocycles. The Morgan fingerprint density at radius 2 is 2.25 bits per heavy atom. The maximum atomic E-state index is 9.69. The molecular weight excluding hydrogens is 109 g/mol. The SMILES string of the molecule is [B]C(N)(O)CC(=O)O. The molecule has 0 aliphatic heterocycles. The summed E-state index contributed by atoms with van der Waals surface area (Å²) < 4.78 is 0. The van der Waals surface area contributed by atoms with E-state index < -0.39 is 18.0 Å². The molecule has 0 rings (SSSR count). The number of hydrogen-bond acceptors (Lipinski definition) is 3. The van der Waals surface area contributed by atoms with Gasteiger partial charge in [0.05, 0.1) is 12.0 Å². The van der Waals surface area contributed by atoms with Crippen LogP contribution in [0.2, 0.25) is 0 Å². The summed E-state index contributed by atoms with van der Waals surface area (Å²) in [5.41, 5.74) is 2.61. The summed E-state index contributed by atoms with van der Waals surface area (Å²) in [4.78, 5) is 9.69. The van der Waals surface area contributed by atoms with Gasteiger partial charge in [-0.25, -0.2) is 0 Å². The summed E-state index contributed by atoms with van der Waals surface area (Å²) >= 11 is 0. The van der Waals surface area contributed by atoms with E-state index in [-0.39, 0.29) is 0 Å². The Bertz CT molecular complexity index is 97.2. The Kier molecular flexibility index (Phi) is 2.00. The number of carbonyl (C=O) groups is 1. The van der Waals surface area contributed by atoms with Crippen LogP contribution in [0, 0.1) is 0 Å². The molecule has 0 aromatic rings. The lowest BCUT2D eigenvalue weighted by atomic mass is 9.89. The van der Waals surface area contributed by atoms with Crippen LogP contribution in [0.1, 0.15) is 6.42 Å². The lowest BCUT2D eigenvalue weighted by molar-refractivity contribution is -0.139.